The lowest BCUT2D eigenvalue weighted by Gasteiger charge is -2.30. The molecule has 0 spiro atoms. The van der Waals surface area contributed by atoms with Gasteiger partial charge in [0.15, 0.2) is 0 Å². The maximum atomic E-state index is 15.1. The van der Waals surface area contributed by atoms with Gasteiger partial charge in [0.25, 0.3) is 0 Å². The molecule has 0 saturated carbocycles. The van der Waals surface area contributed by atoms with E-state index in [2.05, 4.69) is 74.4 Å². The van der Waals surface area contributed by atoms with Gasteiger partial charge in [0.05, 0.1) is 0 Å². The van der Waals surface area contributed by atoms with Gasteiger partial charge >= 0.3 is 11.9 Å². The Hall–Kier alpha value is -10.6. The summed E-state index contributed by atoms with van der Waals surface area (Å²) in [6.07, 6.45) is -5.52. The molecule has 1 saturated heterocycles. The van der Waals surface area contributed by atoms with Crippen molar-refractivity contribution in [2.75, 3.05) is 6.61 Å². The van der Waals surface area contributed by atoms with Crippen molar-refractivity contribution >= 4 is 118 Å². The Bertz CT molecular complexity index is 3440. The van der Waals surface area contributed by atoms with Crippen LogP contribution in [0.5, 0.6) is 0 Å². The number of aliphatic carboxylic acids is 1. The number of primary amides is 4. The second kappa shape index (κ2) is 51.4. The second-order valence-corrected chi connectivity index (χ2v) is 32.4. The number of hydrogen-bond acceptors (Lipinski definition) is 21. The quantitative estimate of drug-likeness (QED) is 0.0269. The Morgan fingerprint density at radius 1 is 0.397 bits per heavy atom. The van der Waals surface area contributed by atoms with Gasteiger partial charge in [-0.15, -0.1) is 0 Å². The first-order chi connectivity index (χ1) is 53.9. The van der Waals surface area contributed by atoms with E-state index in [0.717, 1.165) is 6.92 Å². The molecule has 23 N–H and O–H groups in total. The van der Waals surface area contributed by atoms with E-state index < -0.39 is 297 Å². The molecule has 1 aliphatic heterocycles. The third-order valence-electron chi connectivity index (χ3n) is 18.6. The predicted molar refractivity (Wildman–Crippen MR) is 421 cm³/mol. The molecular weight excluding hydrogens is 1520 g/mol. The van der Waals surface area contributed by atoms with Crippen molar-refractivity contribution in [3.63, 3.8) is 0 Å². The molecule has 40 heteroatoms. The lowest BCUT2D eigenvalue weighted by Crippen LogP contribution is -2.62. The molecule has 1 aliphatic rings. The van der Waals surface area contributed by atoms with E-state index in [4.69, 9.17) is 27.7 Å². The Balaban J connectivity index is 4.30. The number of nitrogens with one attached hydrogen (secondary N) is 14. The van der Waals surface area contributed by atoms with Gasteiger partial charge < -0.3 is 107 Å². The summed E-state index contributed by atoms with van der Waals surface area (Å²) in [4.78, 5) is 276. The van der Waals surface area contributed by atoms with Crippen molar-refractivity contribution in [3.05, 3.63) is 0 Å². The van der Waals surface area contributed by atoms with Crippen LogP contribution >= 0.6 is 0 Å². The average molecular weight is 1650 g/mol. The van der Waals surface area contributed by atoms with Crippen LogP contribution in [0.3, 0.4) is 0 Å². The highest BCUT2D eigenvalue weighted by Gasteiger charge is 2.41. The number of amides is 18. The number of esters is 1. The van der Waals surface area contributed by atoms with Gasteiger partial charge in [-0.3, -0.25) is 91.1 Å². The minimum atomic E-state index is -2.10. The molecule has 1 rings (SSSR count). The largest absolute Gasteiger partial charge is 0.481 e. The standard InChI is InChI=1S/C76H130N18O22/c1-18-42(16)62-76(115)116-34-54(73(112)93-61(41(14)15)75(114)90-52(32-38(8)9)70(109)83-44(19-24-55(77)96)64(103)87-51(31-37(6)7)72(111)88-50(30-36(4)5)69(108)85-47(67(106)94-62)22-27-58(80)99)91-65(104)45(20-25-56(78)97)84-71(110)53(33-39(10)11)89-74(113)60(40(12)13)92-66(105)46(21-26-57(79)98)82-63(102)48(23-28-59(100)101)86-68(107)49(29-35(2)3)81-43(17)95/h35-42,44-54,60-62H,18-34H2,1-17H3,(H2,77,96)(H2,78,97)(H2,79,98)(H2,80,99)(H,81,95)(H,82,102)(H,83,109)(H,84,110)(H,85,108)(H,86,107)(H,87,103)(H,88,111)(H,89,113)(H,90,114)(H,91,104)(H,92,105)(H,93,112)(H,94,106)(H,100,101)/t42-,44+,45-,46+,47+,48+,49-,50-,51-,52+,53+,54+,60+,61+,62-/m0/s1. The molecule has 1 heterocycles. The van der Waals surface area contributed by atoms with E-state index >= 15 is 9.59 Å². The molecule has 116 heavy (non-hydrogen) atoms. The van der Waals surface area contributed by atoms with Crippen LogP contribution in [0.2, 0.25) is 0 Å². The summed E-state index contributed by atoms with van der Waals surface area (Å²) >= 11 is 0. The van der Waals surface area contributed by atoms with Crippen molar-refractivity contribution in [2.45, 2.75) is 305 Å². The molecule has 0 radical (unpaired) electrons. The van der Waals surface area contributed by atoms with Crippen LogP contribution in [0.4, 0.5) is 0 Å². The zero-order valence-electron chi connectivity index (χ0n) is 70.1. The number of carbonyl (C=O) groups excluding carboxylic acids is 19. The summed E-state index contributed by atoms with van der Waals surface area (Å²) in [5, 5.41) is 45.0. The number of nitrogens with two attached hydrogens (primary N) is 4. The van der Waals surface area contributed by atoms with Crippen LogP contribution in [-0.2, 0) is 101 Å². The van der Waals surface area contributed by atoms with Gasteiger partial charge in [-0.25, -0.2) is 4.79 Å². The summed E-state index contributed by atoms with van der Waals surface area (Å²) in [6.45, 7) is 26.3. The molecular formula is C76H130N18O22. The van der Waals surface area contributed by atoms with Crippen LogP contribution in [0, 0.1) is 47.3 Å². The number of carboxylic acid groups (broad SMARTS) is 1. The highest BCUT2D eigenvalue weighted by molar-refractivity contribution is 6.01. The lowest BCUT2D eigenvalue weighted by molar-refractivity contribution is -0.152. The first kappa shape index (κ1) is 103. The Morgan fingerprint density at radius 2 is 0.733 bits per heavy atom. The number of rotatable bonds is 42. The van der Waals surface area contributed by atoms with E-state index in [1.54, 1.807) is 76.2 Å². The maximum Gasteiger partial charge on any atom is 0.329 e. The SMILES string of the molecule is CC[C@H](C)[C@@H]1NC(=O)[C@@H](CCC(N)=O)NC(=O)[C@H](CC(C)C)NC(=O)[C@H](CC(C)C)NC(=O)[C@@H](CCC(N)=O)NC(=O)[C@@H](CC(C)C)NC(=O)[C@@H](C(C)C)NC(=O)[C@H](NC(=O)[C@H](CCC(N)=O)NC(=O)[C@@H](CC(C)C)NC(=O)[C@H](NC(=O)[C@@H](CCC(N)=O)NC(=O)[C@@H](CCC(=O)O)NC(=O)[C@H](CC(C)C)NC(C)=O)C(C)C)COC1=O. The Morgan fingerprint density at radius 3 is 1.09 bits per heavy atom. The second-order valence-electron chi connectivity index (χ2n) is 32.4. The van der Waals surface area contributed by atoms with E-state index in [1.807, 2.05) is 0 Å². The summed E-state index contributed by atoms with van der Waals surface area (Å²) in [6, 6.07) is -22.6. The van der Waals surface area contributed by atoms with Gasteiger partial charge in [-0.2, -0.15) is 0 Å². The van der Waals surface area contributed by atoms with Crippen molar-refractivity contribution < 1.29 is 106 Å². The zero-order chi connectivity index (χ0) is 88.9. The smallest absolute Gasteiger partial charge is 0.329 e. The highest BCUT2D eigenvalue weighted by atomic mass is 16.5. The van der Waals surface area contributed by atoms with Crippen molar-refractivity contribution in [2.24, 2.45) is 70.3 Å². The third kappa shape index (κ3) is 39.6. The fourth-order valence-electron chi connectivity index (χ4n) is 12.2. The number of ether oxygens (including phenoxy) is 1. The van der Waals surface area contributed by atoms with Crippen molar-refractivity contribution in [3.8, 4) is 0 Å². The normalized spacial score (nSPS) is 21.0. The summed E-state index contributed by atoms with van der Waals surface area (Å²) in [5.74, 6) is -24.7. The van der Waals surface area contributed by atoms with Crippen LogP contribution < -0.4 is 97.4 Å². The van der Waals surface area contributed by atoms with E-state index in [0.29, 0.717) is 0 Å². The summed E-state index contributed by atoms with van der Waals surface area (Å²) in [7, 11) is 0. The number of hydrogen-bond donors (Lipinski definition) is 19. The average Bonchev–Trinajstić information content (AvgIpc) is 0.928. The first-order valence-electron chi connectivity index (χ1n) is 39.6. The van der Waals surface area contributed by atoms with Gasteiger partial charge in [-0.05, 0) is 112 Å². The third-order valence-corrected chi connectivity index (χ3v) is 18.6. The molecule has 15 atom stereocenters. The fraction of sp³-hybridized carbons (Fsp3) is 0.737. The van der Waals surface area contributed by atoms with Crippen LogP contribution in [0.1, 0.15) is 220 Å². The number of carboxylic acids is 1. The molecule has 18 amide bonds. The molecule has 656 valence electrons. The molecule has 0 aliphatic carbocycles. The maximum absolute atomic E-state index is 15.1. The molecule has 0 bridgehead atoms. The molecule has 0 aromatic rings. The Labute approximate surface area is 677 Å². The topological polar surface area (TPSA) is 643 Å². The van der Waals surface area contributed by atoms with Gasteiger partial charge in [0, 0.05) is 39.0 Å². The predicted octanol–water partition coefficient (Wildman–Crippen LogP) is -3.13. The molecule has 40 nitrogen and oxygen atoms in total. The zero-order valence-corrected chi connectivity index (χ0v) is 70.1. The minimum absolute atomic E-state index is 0.0445. The summed E-state index contributed by atoms with van der Waals surface area (Å²) < 4.78 is 5.78. The van der Waals surface area contributed by atoms with Gasteiger partial charge in [-0.1, -0.05) is 117 Å². The van der Waals surface area contributed by atoms with Crippen LogP contribution in [-0.4, -0.2) is 215 Å². The molecule has 0 unspecified atom stereocenters. The first-order valence-corrected chi connectivity index (χ1v) is 39.6. The number of carbonyl (C=O) groups is 20. The molecule has 0 aromatic carbocycles. The van der Waals surface area contributed by atoms with E-state index in [-0.39, 0.29) is 62.2 Å². The van der Waals surface area contributed by atoms with Gasteiger partial charge in [0.1, 0.15) is 91.2 Å². The van der Waals surface area contributed by atoms with Crippen molar-refractivity contribution in [1.82, 2.24) is 74.4 Å². The van der Waals surface area contributed by atoms with E-state index in [9.17, 15) is 91.4 Å². The number of cyclic esters (lactones) is 1. The van der Waals surface area contributed by atoms with Gasteiger partial charge in [0.2, 0.25) is 106 Å². The Kier molecular flexibility index (Phi) is 45.8. The van der Waals surface area contributed by atoms with Crippen molar-refractivity contribution in [1.29, 1.82) is 0 Å². The lowest BCUT2D eigenvalue weighted by atomic mass is 9.97. The van der Waals surface area contributed by atoms with Crippen LogP contribution in [0.15, 0.2) is 0 Å². The van der Waals surface area contributed by atoms with Crippen LogP contribution in [0.25, 0.3) is 0 Å². The minimum Gasteiger partial charge on any atom is -0.481 e. The molecule has 0 aromatic heterocycles. The fourth-order valence-corrected chi connectivity index (χ4v) is 12.2. The highest BCUT2D eigenvalue weighted by Crippen LogP contribution is 2.19. The monoisotopic (exact) mass is 1650 g/mol. The van der Waals surface area contributed by atoms with E-state index in [1.165, 1.54) is 34.6 Å². The molecule has 1 fully saturated rings. The summed E-state index contributed by atoms with van der Waals surface area (Å²) in [5.41, 5.74) is 22.1.